The van der Waals surface area contributed by atoms with Crippen molar-refractivity contribution in [1.29, 1.82) is 0 Å². The van der Waals surface area contributed by atoms with Gasteiger partial charge in [0.05, 0.1) is 12.7 Å². The Labute approximate surface area is 207 Å². The van der Waals surface area contributed by atoms with E-state index in [1.807, 2.05) is 17.4 Å². The number of amides is 4. The Balaban J connectivity index is 0.00000316. The zero-order chi connectivity index (χ0) is 27.3. The second kappa shape index (κ2) is 14.1. The van der Waals surface area contributed by atoms with E-state index in [4.69, 9.17) is 9.94 Å². The third-order valence-electron chi connectivity index (χ3n) is 4.91. The van der Waals surface area contributed by atoms with Crippen LogP contribution in [0.25, 0.3) is 0 Å². The van der Waals surface area contributed by atoms with Crippen LogP contribution in [0.5, 0.6) is 5.75 Å². The van der Waals surface area contributed by atoms with Crippen LogP contribution < -0.4 is 26.2 Å². The van der Waals surface area contributed by atoms with Gasteiger partial charge in [0.2, 0.25) is 0 Å². The highest BCUT2D eigenvalue weighted by Crippen LogP contribution is 2.21. The van der Waals surface area contributed by atoms with Gasteiger partial charge in [-0.1, -0.05) is 24.0 Å². The molecule has 2 rings (SSSR count). The van der Waals surface area contributed by atoms with Crippen molar-refractivity contribution < 1.29 is 33.1 Å². The lowest BCUT2D eigenvalue weighted by atomic mass is 9.91. The van der Waals surface area contributed by atoms with Crippen molar-refractivity contribution in [3.8, 4) is 17.6 Å². The summed E-state index contributed by atoms with van der Waals surface area (Å²) in [5.41, 5.74) is -0.0373. The molecule has 2 aromatic carbocycles. The second-order valence-electron chi connectivity index (χ2n) is 7.20. The number of carbonyl (C=O) groups excluding carboxylic acids is 3. The van der Waals surface area contributed by atoms with Gasteiger partial charge in [-0.25, -0.2) is 19.1 Å². The molecule has 5 N–H and O–H groups in total. The molecule has 4 amide bonds. The number of methoxy groups -OCH3 is 1. The number of rotatable bonds is 7. The molecule has 192 valence electrons. The zero-order valence-electron chi connectivity index (χ0n) is 20.0. The number of ether oxygens (including phenoxy) is 1. The smallest absolute Gasteiger partial charge is 0.315 e. The number of benzene rings is 2. The summed E-state index contributed by atoms with van der Waals surface area (Å²) in [7, 11) is 2.72. The van der Waals surface area contributed by atoms with E-state index in [9.17, 15) is 23.2 Å². The molecule has 2 atom stereocenters. The Bertz CT molecular complexity index is 1120. The summed E-state index contributed by atoms with van der Waals surface area (Å²) >= 11 is 0. The predicted molar refractivity (Wildman–Crippen MR) is 130 cm³/mol. The van der Waals surface area contributed by atoms with E-state index in [1.165, 1.54) is 43.9 Å². The quantitative estimate of drug-likeness (QED) is 0.172. The highest BCUT2D eigenvalue weighted by atomic mass is 19.3. The molecule has 36 heavy (non-hydrogen) atoms. The van der Waals surface area contributed by atoms with Crippen molar-refractivity contribution in [3.05, 3.63) is 78.4 Å². The molecular formula is C25H28F2N4O5. The number of hydroxylamine groups is 1. The van der Waals surface area contributed by atoms with Crippen molar-refractivity contribution in [1.82, 2.24) is 21.4 Å². The fourth-order valence-electron chi connectivity index (χ4n) is 2.92. The van der Waals surface area contributed by atoms with Crippen molar-refractivity contribution in [3.63, 3.8) is 0 Å². The van der Waals surface area contributed by atoms with Crippen LogP contribution in [-0.2, 0) is 4.79 Å². The number of alkyl halides is 2. The molecule has 9 nitrogen and oxygen atoms in total. The van der Waals surface area contributed by atoms with E-state index < -0.39 is 35.9 Å². The number of para-hydroxylation sites is 1. The summed E-state index contributed by atoms with van der Waals surface area (Å²) in [6.07, 6.45) is -3.28. The zero-order valence-corrected chi connectivity index (χ0v) is 20.0. The maximum Gasteiger partial charge on any atom is 0.315 e. The van der Waals surface area contributed by atoms with E-state index in [0.717, 1.165) is 6.92 Å². The minimum atomic E-state index is -3.28. The molecule has 0 aliphatic carbocycles. The van der Waals surface area contributed by atoms with Crippen LogP contribution in [0.15, 0.2) is 61.7 Å². The first-order chi connectivity index (χ1) is 17.2. The van der Waals surface area contributed by atoms with Gasteiger partial charge in [-0.05, 0) is 43.3 Å². The summed E-state index contributed by atoms with van der Waals surface area (Å²) in [6, 6.07) is 10.0. The highest BCUT2D eigenvalue weighted by Gasteiger charge is 2.48. The Kier molecular flexibility index (Phi) is 11.6. The number of nitrogens with one attached hydrogen (secondary N) is 4. The minimum Gasteiger partial charge on any atom is -0.495 e. The molecule has 0 aliphatic heterocycles. The Morgan fingerprint density at radius 2 is 1.67 bits per heavy atom. The van der Waals surface area contributed by atoms with Crippen molar-refractivity contribution in [2.75, 3.05) is 14.2 Å². The van der Waals surface area contributed by atoms with Gasteiger partial charge in [-0.2, -0.15) is 0 Å². The largest absolute Gasteiger partial charge is 0.495 e. The highest BCUT2D eigenvalue weighted by molar-refractivity contribution is 5.98. The molecule has 2 unspecified atom stereocenters. The first kappa shape index (κ1) is 29.6. The Morgan fingerprint density at radius 3 is 2.19 bits per heavy atom. The van der Waals surface area contributed by atoms with E-state index in [0.29, 0.717) is 16.9 Å². The van der Waals surface area contributed by atoms with Gasteiger partial charge < -0.3 is 20.7 Å². The van der Waals surface area contributed by atoms with Gasteiger partial charge in [0.15, 0.2) is 0 Å². The SMILES string of the molecule is C=C.CNC(=O)NC(C)(C(F)F)C(NC(=O)c1ccc(C#Cc2ccccc2OC)cc1)C(=O)NO. The molecule has 0 fully saturated rings. The first-order valence-corrected chi connectivity index (χ1v) is 10.4. The molecule has 0 radical (unpaired) electrons. The molecule has 0 saturated carbocycles. The molecule has 0 spiro atoms. The van der Waals surface area contributed by atoms with Gasteiger partial charge in [0, 0.05) is 18.2 Å². The fraction of sp³-hybridized carbons (Fsp3) is 0.240. The van der Waals surface area contributed by atoms with Gasteiger partial charge in [0.1, 0.15) is 17.3 Å². The molecule has 0 aliphatic rings. The monoisotopic (exact) mass is 502 g/mol. The molecule has 0 heterocycles. The van der Waals surface area contributed by atoms with Crippen LogP contribution >= 0.6 is 0 Å². The molecular weight excluding hydrogens is 474 g/mol. The summed E-state index contributed by atoms with van der Waals surface area (Å²) in [4.78, 5) is 36.5. The first-order valence-electron chi connectivity index (χ1n) is 10.4. The van der Waals surface area contributed by atoms with Crippen molar-refractivity contribution in [2.24, 2.45) is 0 Å². The summed E-state index contributed by atoms with van der Waals surface area (Å²) < 4.78 is 32.9. The van der Waals surface area contributed by atoms with Gasteiger partial charge >= 0.3 is 6.03 Å². The topological polar surface area (TPSA) is 129 Å². The molecule has 2 aromatic rings. The normalized spacial score (nSPS) is 12.3. The third-order valence-corrected chi connectivity index (χ3v) is 4.91. The number of carbonyl (C=O) groups is 3. The number of hydrogen-bond donors (Lipinski definition) is 5. The summed E-state index contributed by atoms with van der Waals surface area (Å²) in [5.74, 6) is 4.26. The van der Waals surface area contributed by atoms with Gasteiger partial charge in [-0.15, -0.1) is 13.2 Å². The standard InChI is InChI=1S/C23H24F2N4O5.C2H4/c1-23(21(24)25,28-22(32)26-2)18(20(31)29-33)27-19(30)16-12-9-14(10-13-16)8-11-15-6-4-5-7-17(15)34-3;1-2/h4-7,9-10,12-13,18,21,33H,1-3H3,(H,27,30)(H,29,31)(H2,26,28,32);1-2H2. The lowest BCUT2D eigenvalue weighted by Crippen LogP contribution is -2.69. The van der Waals surface area contributed by atoms with Gasteiger partial charge in [-0.3, -0.25) is 14.8 Å². The number of urea groups is 1. The predicted octanol–water partition coefficient (Wildman–Crippen LogP) is 2.45. The van der Waals surface area contributed by atoms with Crippen molar-refractivity contribution in [2.45, 2.75) is 24.9 Å². The summed E-state index contributed by atoms with van der Waals surface area (Å²) in [6.45, 7) is 6.86. The van der Waals surface area contributed by atoms with Crippen molar-refractivity contribution >= 4 is 17.8 Å². The van der Waals surface area contributed by atoms with Crippen LogP contribution in [0.3, 0.4) is 0 Å². The maximum atomic E-state index is 13.8. The lowest BCUT2D eigenvalue weighted by molar-refractivity contribution is -0.135. The summed E-state index contributed by atoms with van der Waals surface area (Å²) in [5, 5.41) is 15.2. The second-order valence-corrected chi connectivity index (χ2v) is 7.20. The van der Waals surface area contributed by atoms with Crippen LogP contribution in [0.4, 0.5) is 13.6 Å². The number of hydrogen-bond acceptors (Lipinski definition) is 5. The molecule has 0 aromatic heterocycles. The van der Waals surface area contributed by atoms with Crippen LogP contribution in [0.1, 0.15) is 28.4 Å². The van der Waals surface area contributed by atoms with Crippen LogP contribution in [0, 0.1) is 11.8 Å². The fourth-order valence-corrected chi connectivity index (χ4v) is 2.92. The Morgan fingerprint density at radius 1 is 1.06 bits per heavy atom. The van der Waals surface area contributed by atoms with Gasteiger partial charge in [0.25, 0.3) is 18.2 Å². The minimum absolute atomic E-state index is 0.0372. The van der Waals surface area contributed by atoms with E-state index in [2.05, 4.69) is 35.6 Å². The van der Waals surface area contributed by atoms with Crippen LogP contribution in [0.2, 0.25) is 0 Å². The molecule has 11 heteroatoms. The van der Waals surface area contributed by atoms with E-state index in [1.54, 1.807) is 12.1 Å². The average molecular weight is 503 g/mol. The lowest BCUT2D eigenvalue weighted by Gasteiger charge is -2.36. The Hall–Kier alpha value is -4.43. The van der Waals surface area contributed by atoms with E-state index in [-0.39, 0.29) is 5.56 Å². The third kappa shape index (κ3) is 7.54. The van der Waals surface area contributed by atoms with Crippen LogP contribution in [-0.4, -0.2) is 55.2 Å². The van der Waals surface area contributed by atoms with E-state index >= 15 is 0 Å². The average Bonchev–Trinajstić information content (AvgIpc) is 2.91. The number of halogens is 2. The molecule has 0 bridgehead atoms. The maximum absolute atomic E-state index is 13.8. The molecule has 0 saturated heterocycles.